The van der Waals surface area contributed by atoms with Gasteiger partial charge in [0.05, 0.1) is 0 Å². The van der Waals surface area contributed by atoms with Crippen LogP contribution in [0.5, 0.6) is 0 Å². The number of hydrogen-bond acceptors (Lipinski definition) is 1. The highest BCUT2D eigenvalue weighted by Gasteiger charge is 2.12. The van der Waals surface area contributed by atoms with Crippen molar-refractivity contribution >= 4 is 6.03 Å². The second-order valence-electron chi connectivity index (χ2n) is 5.82. The largest absolute Gasteiger partial charge is 0.338 e. The zero-order valence-electron chi connectivity index (χ0n) is 12.6. The fraction of sp³-hybridized carbons (Fsp3) is 0.438. The van der Waals surface area contributed by atoms with E-state index >= 15 is 0 Å². The zero-order chi connectivity index (χ0) is 15.2. The Hall–Kier alpha value is -1.84. The zero-order valence-corrected chi connectivity index (χ0v) is 12.6. The first-order chi connectivity index (χ1) is 9.30. The van der Waals surface area contributed by atoms with E-state index in [-0.39, 0.29) is 17.3 Å². The first-order valence-electron chi connectivity index (χ1n) is 6.75. The van der Waals surface area contributed by atoms with Gasteiger partial charge in [-0.3, -0.25) is 0 Å². The smallest absolute Gasteiger partial charge is 0.318 e. The summed E-state index contributed by atoms with van der Waals surface area (Å²) in [5.41, 5.74) is 1.72. The lowest BCUT2D eigenvalue weighted by Crippen LogP contribution is -2.34. The van der Waals surface area contributed by atoms with Crippen LogP contribution >= 0.6 is 0 Å². The molecule has 3 nitrogen and oxygen atoms in total. The van der Waals surface area contributed by atoms with Gasteiger partial charge < -0.3 is 10.6 Å². The van der Waals surface area contributed by atoms with E-state index in [4.69, 9.17) is 0 Å². The van der Waals surface area contributed by atoms with Gasteiger partial charge in [-0.25, -0.2) is 9.18 Å². The van der Waals surface area contributed by atoms with E-state index in [9.17, 15) is 9.18 Å². The van der Waals surface area contributed by atoms with Gasteiger partial charge in [0.25, 0.3) is 0 Å². The number of carbonyl (C=O) groups excluding carboxylic acids is 1. The van der Waals surface area contributed by atoms with Crippen molar-refractivity contribution in [1.82, 2.24) is 10.6 Å². The molecule has 0 aliphatic rings. The van der Waals surface area contributed by atoms with Crippen LogP contribution in [0.1, 0.15) is 33.3 Å². The van der Waals surface area contributed by atoms with Gasteiger partial charge in [-0.05, 0) is 30.4 Å². The Labute approximate surface area is 120 Å². The standard InChI is InChI=1S/C16H23FN2O/c1-12(16(2,3)4)11-19-15(20)18-10-9-13-7-5-6-8-14(13)17/h5-8,11H,9-10H2,1-4H3,(H2,18,19,20)/b12-11+. The Morgan fingerprint density at radius 1 is 1.30 bits per heavy atom. The van der Waals surface area contributed by atoms with Gasteiger partial charge in [0, 0.05) is 12.7 Å². The maximum absolute atomic E-state index is 13.4. The monoisotopic (exact) mass is 278 g/mol. The molecule has 2 amide bonds. The van der Waals surface area contributed by atoms with Crippen molar-refractivity contribution in [3.8, 4) is 0 Å². The van der Waals surface area contributed by atoms with Crippen molar-refractivity contribution in [1.29, 1.82) is 0 Å². The van der Waals surface area contributed by atoms with Gasteiger partial charge in [-0.1, -0.05) is 44.5 Å². The third-order valence-electron chi connectivity index (χ3n) is 3.24. The second kappa shape index (κ2) is 7.08. The molecular weight excluding hydrogens is 255 g/mol. The SMILES string of the molecule is C/C(=C\NC(=O)NCCc1ccccc1F)C(C)(C)C. The fourth-order valence-corrected chi connectivity index (χ4v) is 1.45. The molecule has 1 aromatic carbocycles. The summed E-state index contributed by atoms with van der Waals surface area (Å²) in [5, 5.41) is 5.39. The number of amides is 2. The minimum Gasteiger partial charge on any atom is -0.338 e. The van der Waals surface area contributed by atoms with Crippen molar-refractivity contribution in [3.63, 3.8) is 0 Å². The Bertz CT molecular complexity index is 489. The fourth-order valence-electron chi connectivity index (χ4n) is 1.45. The average Bonchev–Trinajstić information content (AvgIpc) is 2.37. The lowest BCUT2D eigenvalue weighted by atomic mass is 9.88. The number of urea groups is 1. The van der Waals surface area contributed by atoms with Crippen LogP contribution < -0.4 is 10.6 Å². The summed E-state index contributed by atoms with van der Waals surface area (Å²) in [7, 11) is 0. The van der Waals surface area contributed by atoms with Crippen LogP contribution in [0.4, 0.5) is 9.18 Å². The first-order valence-corrected chi connectivity index (χ1v) is 6.75. The lowest BCUT2D eigenvalue weighted by molar-refractivity contribution is 0.244. The van der Waals surface area contributed by atoms with Crippen LogP contribution in [-0.4, -0.2) is 12.6 Å². The van der Waals surface area contributed by atoms with Crippen molar-refractivity contribution in [2.75, 3.05) is 6.54 Å². The van der Waals surface area contributed by atoms with E-state index in [0.29, 0.717) is 18.5 Å². The van der Waals surface area contributed by atoms with Gasteiger partial charge in [0.1, 0.15) is 5.82 Å². The minimum atomic E-state index is -0.273. The third-order valence-corrected chi connectivity index (χ3v) is 3.24. The van der Waals surface area contributed by atoms with Gasteiger partial charge >= 0.3 is 6.03 Å². The van der Waals surface area contributed by atoms with Crippen molar-refractivity contribution in [2.24, 2.45) is 5.41 Å². The molecule has 0 unspecified atom stereocenters. The molecule has 20 heavy (non-hydrogen) atoms. The third kappa shape index (κ3) is 5.43. The Morgan fingerprint density at radius 2 is 1.95 bits per heavy atom. The van der Waals surface area contributed by atoms with Crippen LogP contribution in [0.3, 0.4) is 0 Å². The predicted molar refractivity (Wildman–Crippen MR) is 79.9 cm³/mol. The summed E-state index contributed by atoms with van der Waals surface area (Å²) in [6.45, 7) is 8.61. The van der Waals surface area contributed by atoms with E-state index in [2.05, 4.69) is 31.4 Å². The van der Waals surface area contributed by atoms with Crippen LogP contribution in [0.15, 0.2) is 36.0 Å². The van der Waals surface area contributed by atoms with Crippen LogP contribution in [0.25, 0.3) is 0 Å². The second-order valence-corrected chi connectivity index (χ2v) is 5.82. The number of rotatable bonds is 4. The van der Waals surface area contributed by atoms with Crippen molar-refractivity contribution in [3.05, 3.63) is 47.4 Å². The molecule has 0 saturated carbocycles. The predicted octanol–water partition coefficient (Wildman–Crippen LogP) is 3.62. The summed E-state index contributed by atoms with van der Waals surface area (Å²) < 4.78 is 13.4. The molecule has 0 aliphatic heterocycles. The van der Waals surface area contributed by atoms with E-state index < -0.39 is 0 Å². The molecule has 0 radical (unpaired) electrons. The molecule has 0 spiro atoms. The van der Waals surface area contributed by atoms with E-state index in [1.165, 1.54) is 6.07 Å². The molecule has 0 fully saturated rings. The van der Waals surface area contributed by atoms with Crippen LogP contribution in [0, 0.1) is 11.2 Å². The van der Waals surface area contributed by atoms with Gasteiger partial charge in [0.15, 0.2) is 0 Å². The highest BCUT2D eigenvalue weighted by atomic mass is 19.1. The Kier molecular flexibility index (Phi) is 5.74. The van der Waals surface area contributed by atoms with Gasteiger partial charge in [-0.2, -0.15) is 0 Å². The van der Waals surface area contributed by atoms with Gasteiger partial charge in [-0.15, -0.1) is 0 Å². The van der Waals surface area contributed by atoms with Crippen LogP contribution in [-0.2, 0) is 6.42 Å². The molecule has 0 atom stereocenters. The molecule has 0 bridgehead atoms. The molecule has 2 N–H and O–H groups in total. The summed E-state index contributed by atoms with van der Waals surface area (Å²) >= 11 is 0. The molecule has 0 saturated heterocycles. The molecule has 0 aliphatic carbocycles. The molecule has 0 heterocycles. The van der Waals surface area contributed by atoms with E-state index in [1.807, 2.05) is 6.92 Å². The maximum atomic E-state index is 13.4. The number of carbonyl (C=O) groups is 1. The van der Waals surface area contributed by atoms with Crippen molar-refractivity contribution in [2.45, 2.75) is 34.1 Å². The molecule has 0 aromatic heterocycles. The lowest BCUT2D eigenvalue weighted by Gasteiger charge is -2.19. The topological polar surface area (TPSA) is 41.1 Å². The highest BCUT2D eigenvalue weighted by molar-refractivity contribution is 5.74. The molecule has 4 heteroatoms. The van der Waals surface area contributed by atoms with Gasteiger partial charge in [0.2, 0.25) is 0 Å². The number of allylic oxidation sites excluding steroid dienone is 1. The maximum Gasteiger partial charge on any atom is 0.318 e. The summed E-state index contributed by atoms with van der Waals surface area (Å²) in [5.74, 6) is -0.238. The molecular formula is C16H23FN2O. The number of benzene rings is 1. The quantitative estimate of drug-likeness (QED) is 0.867. The molecule has 1 rings (SSSR count). The Balaban J connectivity index is 2.36. The normalized spacial score (nSPS) is 12.2. The number of nitrogens with one attached hydrogen (secondary N) is 2. The molecule has 1 aromatic rings. The average molecular weight is 278 g/mol. The summed E-state index contributed by atoms with van der Waals surface area (Å²) in [4.78, 5) is 11.6. The minimum absolute atomic E-state index is 0.0282. The molecule has 110 valence electrons. The summed E-state index contributed by atoms with van der Waals surface area (Å²) in [6, 6.07) is 6.31. The Morgan fingerprint density at radius 3 is 2.55 bits per heavy atom. The first kappa shape index (κ1) is 16.2. The highest BCUT2D eigenvalue weighted by Crippen LogP contribution is 2.23. The number of halogens is 1. The van der Waals surface area contributed by atoms with Crippen molar-refractivity contribution < 1.29 is 9.18 Å². The van der Waals surface area contributed by atoms with E-state index in [0.717, 1.165) is 5.57 Å². The van der Waals surface area contributed by atoms with E-state index in [1.54, 1.807) is 24.4 Å². The summed E-state index contributed by atoms with van der Waals surface area (Å²) in [6.07, 6.45) is 2.18. The number of hydrogen-bond donors (Lipinski definition) is 2. The van der Waals surface area contributed by atoms with Crippen LogP contribution in [0.2, 0.25) is 0 Å².